The van der Waals surface area contributed by atoms with Crippen LogP contribution >= 0.6 is 11.3 Å². The quantitative estimate of drug-likeness (QED) is 0.712. The maximum Gasteiger partial charge on any atom is 0.188 e. The molecule has 23 heavy (non-hydrogen) atoms. The fourth-order valence-corrected chi connectivity index (χ4v) is 3.71. The van der Waals surface area contributed by atoms with Gasteiger partial charge in [0.1, 0.15) is 12.7 Å². The average molecular weight is 327 g/mol. The van der Waals surface area contributed by atoms with Gasteiger partial charge in [0.25, 0.3) is 0 Å². The minimum Gasteiger partial charge on any atom is -0.293 e. The van der Waals surface area contributed by atoms with Gasteiger partial charge in [-0.2, -0.15) is 5.10 Å². The summed E-state index contributed by atoms with van der Waals surface area (Å²) in [6.45, 7) is 2.86. The van der Waals surface area contributed by atoms with E-state index in [-0.39, 0.29) is 0 Å². The van der Waals surface area contributed by atoms with E-state index in [9.17, 15) is 0 Å². The molecule has 0 unspecified atom stereocenters. The Morgan fingerprint density at radius 3 is 3.00 bits per heavy atom. The van der Waals surface area contributed by atoms with Crippen LogP contribution < -0.4 is 0 Å². The topological polar surface area (TPSA) is 72.6 Å². The van der Waals surface area contributed by atoms with Gasteiger partial charge in [-0.3, -0.25) is 9.58 Å². The first-order valence-electron chi connectivity index (χ1n) is 7.67. The zero-order valence-corrected chi connectivity index (χ0v) is 13.4. The molecule has 0 N–H and O–H groups in total. The first-order chi connectivity index (χ1) is 11.4. The van der Waals surface area contributed by atoms with Crippen LogP contribution in [0.15, 0.2) is 36.5 Å². The van der Waals surface area contributed by atoms with Crippen LogP contribution in [0.3, 0.4) is 0 Å². The van der Waals surface area contributed by atoms with Crippen LogP contribution in [0.1, 0.15) is 18.5 Å². The minimum atomic E-state index is 0.495. The van der Waals surface area contributed by atoms with Crippen LogP contribution in [0.4, 0.5) is 0 Å². The molecule has 0 saturated carbocycles. The summed E-state index contributed by atoms with van der Waals surface area (Å²) in [6.07, 6.45) is 9.28. The average Bonchev–Trinajstić information content (AvgIpc) is 3.33. The Kier molecular flexibility index (Phi) is 4.08. The fourth-order valence-electron chi connectivity index (χ4n) is 2.95. The predicted octanol–water partition coefficient (Wildman–Crippen LogP) is 1.86. The van der Waals surface area contributed by atoms with Gasteiger partial charge >= 0.3 is 0 Å². The first kappa shape index (κ1) is 14.4. The van der Waals surface area contributed by atoms with Crippen molar-refractivity contribution >= 4 is 11.3 Å². The van der Waals surface area contributed by atoms with E-state index in [1.807, 2.05) is 10.7 Å². The number of rotatable bonds is 5. The van der Waals surface area contributed by atoms with E-state index in [4.69, 9.17) is 4.98 Å². The van der Waals surface area contributed by atoms with E-state index in [1.165, 1.54) is 12.8 Å². The minimum absolute atomic E-state index is 0.495. The predicted molar refractivity (Wildman–Crippen MR) is 86.6 cm³/mol. The zero-order valence-electron chi connectivity index (χ0n) is 12.6. The van der Waals surface area contributed by atoms with Gasteiger partial charge in [-0.05, 0) is 25.5 Å². The molecule has 0 amide bonds. The molecule has 0 aromatic carbocycles. The Morgan fingerprint density at radius 2 is 2.17 bits per heavy atom. The van der Waals surface area contributed by atoms with Gasteiger partial charge in [0.05, 0.1) is 12.2 Å². The maximum atomic E-state index is 4.69. The van der Waals surface area contributed by atoms with Gasteiger partial charge in [0.15, 0.2) is 10.8 Å². The van der Waals surface area contributed by atoms with Crippen molar-refractivity contribution < 1.29 is 0 Å². The Labute approximate surface area is 138 Å². The molecule has 1 aliphatic heterocycles. The van der Waals surface area contributed by atoms with Crippen LogP contribution in [0.5, 0.6) is 0 Å². The lowest BCUT2D eigenvalue weighted by molar-refractivity contribution is 0.217. The molecule has 4 heterocycles. The molecule has 8 heteroatoms. The molecule has 1 saturated heterocycles. The van der Waals surface area contributed by atoms with Crippen molar-refractivity contribution in [2.45, 2.75) is 32.0 Å². The van der Waals surface area contributed by atoms with Gasteiger partial charge in [0, 0.05) is 30.4 Å². The third-order valence-electron chi connectivity index (χ3n) is 4.04. The van der Waals surface area contributed by atoms with Crippen LogP contribution in [0.2, 0.25) is 0 Å². The van der Waals surface area contributed by atoms with Crippen molar-refractivity contribution in [2.24, 2.45) is 0 Å². The van der Waals surface area contributed by atoms with E-state index in [2.05, 4.69) is 30.3 Å². The summed E-state index contributed by atoms with van der Waals surface area (Å²) in [5.74, 6) is 0.698. The molecule has 1 fully saturated rings. The lowest BCUT2D eigenvalue weighted by Gasteiger charge is -2.23. The molecule has 3 aromatic heterocycles. The third kappa shape index (κ3) is 3.27. The molecule has 0 spiro atoms. The summed E-state index contributed by atoms with van der Waals surface area (Å²) in [6, 6.07) is 2.31. The lowest BCUT2D eigenvalue weighted by atomic mass is 10.2. The van der Waals surface area contributed by atoms with Crippen molar-refractivity contribution in [1.29, 1.82) is 0 Å². The maximum absolute atomic E-state index is 4.69. The summed E-state index contributed by atoms with van der Waals surface area (Å²) in [5, 5.41) is 7.20. The Bertz CT molecular complexity index is 740. The van der Waals surface area contributed by atoms with Crippen molar-refractivity contribution in [3.63, 3.8) is 0 Å². The Hall–Kier alpha value is -2.19. The second-order valence-electron chi connectivity index (χ2n) is 5.60. The van der Waals surface area contributed by atoms with E-state index in [0.717, 1.165) is 30.3 Å². The highest BCUT2D eigenvalue weighted by atomic mass is 32.1. The van der Waals surface area contributed by atoms with Gasteiger partial charge in [-0.15, -0.1) is 11.3 Å². The lowest BCUT2D eigenvalue weighted by Crippen LogP contribution is -2.32. The van der Waals surface area contributed by atoms with Crippen molar-refractivity contribution in [3.8, 4) is 10.8 Å². The molecule has 7 nitrogen and oxygen atoms in total. The fraction of sp³-hybridized carbons (Fsp3) is 0.400. The highest BCUT2D eigenvalue weighted by Gasteiger charge is 2.25. The smallest absolute Gasteiger partial charge is 0.188 e. The summed E-state index contributed by atoms with van der Waals surface area (Å²) < 4.78 is 1.91. The second-order valence-corrected chi connectivity index (χ2v) is 6.46. The van der Waals surface area contributed by atoms with Crippen molar-refractivity contribution in [1.82, 2.24) is 34.6 Å². The van der Waals surface area contributed by atoms with Gasteiger partial charge in [0.2, 0.25) is 0 Å². The summed E-state index contributed by atoms with van der Waals surface area (Å²) in [4.78, 5) is 19.7. The normalized spacial score (nSPS) is 18.5. The van der Waals surface area contributed by atoms with Crippen molar-refractivity contribution in [2.75, 3.05) is 6.54 Å². The number of likely N-dealkylation sites (tertiary alicyclic amines) is 1. The standard InChI is InChI=1S/C15H17N7S/c1-3-13(8-22-11-16-10-19-22)21(6-1)7-12-9-23-15(20-12)14-17-4-2-5-18-14/h2,4-5,9-11,13H,1,3,6-8H2/t13-/m0/s1. The monoisotopic (exact) mass is 327 g/mol. The molecule has 0 bridgehead atoms. The zero-order chi connectivity index (χ0) is 15.5. The van der Waals surface area contributed by atoms with Crippen LogP contribution in [-0.2, 0) is 13.1 Å². The number of hydrogen-bond donors (Lipinski definition) is 0. The molecular weight excluding hydrogens is 310 g/mol. The second kappa shape index (κ2) is 6.51. The molecule has 3 aromatic rings. The van der Waals surface area contributed by atoms with Gasteiger partial charge < -0.3 is 0 Å². The number of thiazole rings is 1. The summed E-state index contributed by atoms with van der Waals surface area (Å²) in [7, 11) is 0. The van der Waals surface area contributed by atoms with E-state index in [0.29, 0.717) is 11.9 Å². The molecular formula is C15H17N7S. The highest BCUT2D eigenvalue weighted by Crippen LogP contribution is 2.24. The highest BCUT2D eigenvalue weighted by molar-refractivity contribution is 7.13. The first-order valence-corrected chi connectivity index (χ1v) is 8.55. The van der Waals surface area contributed by atoms with E-state index < -0.39 is 0 Å². The molecule has 1 atom stereocenters. The van der Waals surface area contributed by atoms with Crippen LogP contribution in [-0.4, -0.2) is 47.2 Å². The van der Waals surface area contributed by atoms with Gasteiger partial charge in [-0.1, -0.05) is 0 Å². The Morgan fingerprint density at radius 1 is 1.26 bits per heavy atom. The number of hydrogen-bond acceptors (Lipinski definition) is 7. The van der Waals surface area contributed by atoms with Crippen molar-refractivity contribution in [3.05, 3.63) is 42.2 Å². The van der Waals surface area contributed by atoms with Crippen LogP contribution in [0, 0.1) is 0 Å². The summed E-state index contributed by atoms with van der Waals surface area (Å²) >= 11 is 1.60. The van der Waals surface area contributed by atoms with E-state index in [1.54, 1.807) is 36.4 Å². The van der Waals surface area contributed by atoms with Crippen LogP contribution in [0.25, 0.3) is 10.8 Å². The van der Waals surface area contributed by atoms with Gasteiger partial charge in [-0.25, -0.2) is 19.9 Å². The third-order valence-corrected chi connectivity index (χ3v) is 4.92. The number of aromatic nitrogens is 6. The molecule has 0 radical (unpaired) electrons. The molecule has 0 aliphatic carbocycles. The SMILES string of the molecule is c1cnc(-c2nc(CN3CCC[C@H]3Cn3cncn3)cs2)nc1. The Balaban J connectivity index is 1.44. The van der Waals surface area contributed by atoms with E-state index >= 15 is 0 Å². The summed E-state index contributed by atoms with van der Waals surface area (Å²) in [5.41, 5.74) is 1.09. The number of nitrogens with zero attached hydrogens (tertiary/aromatic N) is 7. The molecule has 118 valence electrons. The molecule has 1 aliphatic rings. The molecule has 4 rings (SSSR count). The largest absolute Gasteiger partial charge is 0.293 e.